The van der Waals surface area contributed by atoms with Crippen LogP contribution < -0.4 is 10.6 Å². The predicted molar refractivity (Wildman–Crippen MR) is 85.3 cm³/mol. The van der Waals surface area contributed by atoms with Crippen LogP contribution in [0, 0.1) is 5.92 Å². The number of rotatable bonds is 5. The molecule has 0 spiro atoms. The average Bonchev–Trinajstić information content (AvgIpc) is 2.56. The Morgan fingerprint density at radius 1 is 1.09 bits per heavy atom. The molecule has 1 atom stereocenters. The first kappa shape index (κ1) is 16.5. The van der Waals surface area contributed by atoms with Crippen LogP contribution in [0.5, 0.6) is 0 Å². The van der Waals surface area contributed by atoms with Crippen LogP contribution >= 0.6 is 0 Å². The maximum Gasteiger partial charge on any atom is 0.313 e. The minimum absolute atomic E-state index is 0.0156. The summed E-state index contributed by atoms with van der Waals surface area (Å²) < 4.78 is 0. The molecular formula is C17H24N2O3. The first-order chi connectivity index (χ1) is 10.7. The number of carbonyl (C=O) groups excluding carboxylic acids is 2. The van der Waals surface area contributed by atoms with E-state index in [9.17, 15) is 14.7 Å². The Bertz CT molecular complexity index is 484. The lowest BCUT2D eigenvalue weighted by Crippen LogP contribution is -2.46. The Morgan fingerprint density at radius 2 is 1.77 bits per heavy atom. The summed E-state index contributed by atoms with van der Waals surface area (Å²) in [4.78, 5) is 24.0. The van der Waals surface area contributed by atoms with Gasteiger partial charge in [-0.25, -0.2) is 0 Å². The zero-order valence-electron chi connectivity index (χ0n) is 12.8. The minimum atomic E-state index is -0.662. The van der Waals surface area contributed by atoms with Crippen molar-refractivity contribution in [2.45, 2.75) is 44.6 Å². The third kappa shape index (κ3) is 4.84. The van der Waals surface area contributed by atoms with Crippen LogP contribution in [0.4, 0.5) is 5.69 Å². The molecule has 120 valence electrons. The van der Waals surface area contributed by atoms with E-state index in [1.165, 1.54) is 6.42 Å². The number of amides is 2. The summed E-state index contributed by atoms with van der Waals surface area (Å²) >= 11 is 0. The van der Waals surface area contributed by atoms with Crippen molar-refractivity contribution in [1.82, 2.24) is 5.32 Å². The average molecular weight is 304 g/mol. The van der Waals surface area contributed by atoms with Crippen molar-refractivity contribution < 1.29 is 14.7 Å². The van der Waals surface area contributed by atoms with Crippen molar-refractivity contribution in [2.75, 3.05) is 11.9 Å². The van der Waals surface area contributed by atoms with Crippen LogP contribution in [0.3, 0.4) is 0 Å². The Morgan fingerprint density at radius 3 is 2.41 bits per heavy atom. The highest BCUT2D eigenvalue weighted by atomic mass is 16.3. The van der Waals surface area contributed by atoms with E-state index in [0.29, 0.717) is 18.0 Å². The fraction of sp³-hybridized carbons (Fsp3) is 0.529. The summed E-state index contributed by atoms with van der Waals surface area (Å²) in [6.45, 7) is 0.0156. The van der Waals surface area contributed by atoms with Gasteiger partial charge in [0.1, 0.15) is 0 Å². The molecule has 0 bridgehead atoms. The Hall–Kier alpha value is -1.88. The molecule has 1 fully saturated rings. The maximum absolute atomic E-state index is 12.1. The molecule has 5 heteroatoms. The Kier molecular flexibility index (Phi) is 6.40. The fourth-order valence-corrected chi connectivity index (χ4v) is 3.04. The largest absolute Gasteiger partial charge is 0.396 e. The van der Waals surface area contributed by atoms with Crippen molar-refractivity contribution in [3.63, 3.8) is 0 Å². The summed E-state index contributed by atoms with van der Waals surface area (Å²) in [7, 11) is 0. The lowest BCUT2D eigenvalue weighted by molar-refractivity contribution is -0.137. The van der Waals surface area contributed by atoms with Gasteiger partial charge in [0.2, 0.25) is 0 Å². The van der Waals surface area contributed by atoms with Gasteiger partial charge < -0.3 is 15.7 Å². The standard InChI is InChI=1S/C17H24N2O3/c20-12-11-15(13-7-3-1-4-8-13)19-17(22)16(21)18-14-9-5-2-6-10-14/h2,5-6,9-10,13,15,20H,1,3-4,7-8,11-12H2,(H,18,21)(H,19,22). The molecule has 1 aromatic rings. The van der Waals surface area contributed by atoms with Crippen LogP contribution in [0.1, 0.15) is 38.5 Å². The van der Waals surface area contributed by atoms with Crippen LogP contribution in [-0.4, -0.2) is 29.6 Å². The molecule has 3 N–H and O–H groups in total. The smallest absolute Gasteiger partial charge is 0.313 e. The Balaban J connectivity index is 1.90. The second kappa shape index (κ2) is 8.54. The van der Waals surface area contributed by atoms with E-state index in [-0.39, 0.29) is 12.6 Å². The van der Waals surface area contributed by atoms with Crippen molar-refractivity contribution >= 4 is 17.5 Å². The molecule has 0 aromatic heterocycles. The molecular weight excluding hydrogens is 280 g/mol. The zero-order valence-corrected chi connectivity index (χ0v) is 12.8. The summed E-state index contributed by atoms with van der Waals surface area (Å²) in [5.41, 5.74) is 0.596. The van der Waals surface area contributed by atoms with E-state index in [4.69, 9.17) is 0 Å². The van der Waals surface area contributed by atoms with Gasteiger partial charge in [0.25, 0.3) is 0 Å². The van der Waals surface area contributed by atoms with Gasteiger partial charge in [-0.05, 0) is 37.3 Å². The van der Waals surface area contributed by atoms with Crippen molar-refractivity contribution in [3.05, 3.63) is 30.3 Å². The molecule has 1 aliphatic carbocycles. The number of aliphatic hydroxyl groups excluding tert-OH is 1. The zero-order chi connectivity index (χ0) is 15.8. The minimum Gasteiger partial charge on any atom is -0.396 e. The van der Waals surface area contributed by atoms with E-state index in [2.05, 4.69) is 10.6 Å². The molecule has 5 nitrogen and oxygen atoms in total. The summed E-state index contributed by atoms with van der Waals surface area (Å²) in [5.74, 6) is -0.938. The first-order valence-corrected chi connectivity index (χ1v) is 7.98. The number of nitrogens with one attached hydrogen (secondary N) is 2. The molecule has 1 unspecified atom stereocenters. The topological polar surface area (TPSA) is 78.4 Å². The Labute approximate surface area is 131 Å². The number of carbonyl (C=O) groups is 2. The van der Waals surface area contributed by atoms with Gasteiger partial charge in [-0.2, -0.15) is 0 Å². The van der Waals surface area contributed by atoms with Crippen molar-refractivity contribution in [2.24, 2.45) is 5.92 Å². The molecule has 1 saturated carbocycles. The van der Waals surface area contributed by atoms with Crippen LogP contribution in [-0.2, 0) is 9.59 Å². The van der Waals surface area contributed by atoms with E-state index < -0.39 is 11.8 Å². The van der Waals surface area contributed by atoms with Crippen molar-refractivity contribution in [3.8, 4) is 0 Å². The van der Waals surface area contributed by atoms with E-state index >= 15 is 0 Å². The molecule has 0 radical (unpaired) electrons. The highest BCUT2D eigenvalue weighted by molar-refractivity contribution is 6.39. The lowest BCUT2D eigenvalue weighted by atomic mass is 9.82. The number of anilines is 1. The van der Waals surface area contributed by atoms with Crippen LogP contribution in [0.25, 0.3) is 0 Å². The summed E-state index contributed by atoms with van der Waals surface area (Å²) in [6.07, 6.45) is 6.12. The quantitative estimate of drug-likeness (QED) is 0.729. The third-order valence-corrected chi connectivity index (χ3v) is 4.21. The highest BCUT2D eigenvalue weighted by Gasteiger charge is 2.26. The van der Waals surface area contributed by atoms with Gasteiger partial charge >= 0.3 is 11.8 Å². The summed E-state index contributed by atoms with van der Waals surface area (Å²) in [5, 5.41) is 14.6. The number of hydrogen-bond acceptors (Lipinski definition) is 3. The van der Waals surface area contributed by atoms with Crippen LogP contribution in [0.2, 0.25) is 0 Å². The predicted octanol–water partition coefficient (Wildman–Crippen LogP) is 2.07. The van der Waals surface area contributed by atoms with Gasteiger partial charge in [0.05, 0.1) is 0 Å². The van der Waals surface area contributed by atoms with E-state index in [1.54, 1.807) is 24.3 Å². The van der Waals surface area contributed by atoms with Gasteiger partial charge in [-0.15, -0.1) is 0 Å². The first-order valence-electron chi connectivity index (χ1n) is 7.98. The number of aliphatic hydroxyl groups is 1. The van der Waals surface area contributed by atoms with Crippen LogP contribution in [0.15, 0.2) is 30.3 Å². The molecule has 2 rings (SSSR count). The lowest BCUT2D eigenvalue weighted by Gasteiger charge is -2.30. The van der Waals surface area contributed by atoms with Crippen molar-refractivity contribution in [1.29, 1.82) is 0 Å². The molecule has 0 saturated heterocycles. The van der Waals surface area contributed by atoms with Gasteiger partial charge in [-0.3, -0.25) is 9.59 Å². The summed E-state index contributed by atoms with van der Waals surface area (Å²) in [6, 6.07) is 8.78. The molecule has 22 heavy (non-hydrogen) atoms. The van der Waals surface area contributed by atoms with E-state index in [0.717, 1.165) is 25.7 Å². The second-order valence-electron chi connectivity index (χ2n) is 5.81. The number of benzene rings is 1. The van der Waals surface area contributed by atoms with E-state index in [1.807, 2.05) is 6.07 Å². The highest BCUT2D eigenvalue weighted by Crippen LogP contribution is 2.27. The number of hydrogen-bond donors (Lipinski definition) is 3. The maximum atomic E-state index is 12.1. The normalized spacial score (nSPS) is 16.8. The SMILES string of the molecule is O=C(Nc1ccccc1)C(=O)NC(CCO)C1CCCCC1. The monoisotopic (exact) mass is 304 g/mol. The molecule has 2 amide bonds. The third-order valence-electron chi connectivity index (χ3n) is 4.21. The second-order valence-corrected chi connectivity index (χ2v) is 5.81. The molecule has 0 heterocycles. The molecule has 0 aliphatic heterocycles. The fourth-order valence-electron chi connectivity index (χ4n) is 3.04. The van der Waals surface area contributed by atoms with Gasteiger partial charge in [0, 0.05) is 18.3 Å². The van der Waals surface area contributed by atoms with Gasteiger partial charge in [-0.1, -0.05) is 37.5 Å². The molecule has 1 aromatic carbocycles. The molecule has 1 aliphatic rings. The van der Waals surface area contributed by atoms with Gasteiger partial charge in [0.15, 0.2) is 0 Å². The number of para-hydroxylation sites is 1.